The standard InChI is InChI=1S/C15H20N2O2/c1-17-6-2-3-10-4-5-11(8-14(10)17)13-7-12(9-16-13)15(18)19/h4-5,8,12-13,16H,2-3,6-7,9H2,1H3,(H,18,19). The van der Waals surface area contributed by atoms with Crippen LogP contribution in [0.15, 0.2) is 18.2 Å². The van der Waals surface area contributed by atoms with Gasteiger partial charge < -0.3 is 15.3 Å². The van der Waals surface area contributed by atoms with E-state index >= 15 is 0 Å². The highest BCUT2D eigenvalue weighted by atomic mass is 16.4. The summed E-state index contributed by atoms with van der Waals surface area (Å²) in [6.45, 7) is 1.68. The number of rotatable bonds is 2. The molecule has 1 aromatic carbocycles. The maximum Gasteiger partial charge on any atom is 0.307 e. The van der Waals surface area contributed by atoms with Crippen molar-refractivity contribution in [1.82, 2.24) is 5.32 Å². The number of fused-ring (bicyclic) bond motifs is 1. The van der Waals surface area contributed by atoms with Crippen molar-refractivity contribution >= 4 is 11.7 Å². The molecule has 0 aliphatic carbocycles. The molecule has 1 aromatic rings. The van der Waals surface area contributed by atoms with Gasteiger partial charge in [0.05, 0.1) is 5.92 Å². The van der Waals surface area contributed by atoms with E-state index in [-0.39, 0.29) is 12.0 Å². The van der Waals surface area contributed by atoms with E-state index in [0.29, 0.717) is 13.0 Å². The lowest BCUT2D eigenvalue weighted by molar-refractivity contribution is -0.141. The maximum absolute atomic E-state index is 11.0. The van der Waals surface area contributed by atoms with Crippen LogP contribution in [-0.2, 0) is 11.2 Å². The van der Waals surface area contributed by atoms with Gasteiger partial charge in [-0.3, -0.25) is 4.79 Å². The van der Waals surface area contributed by atoms with Gasteiger partial charge in [-0.2, -0.15) is 0 Å². The number of aliphatic carboxylic acids is 1. The van der Waals surface area contributed by atoms with Crippen molar-refractivity contribution in [2.24, 2.45) is 5.92 Å². The highest BCUT2D eigenvalue weighted by Gasteiger charge is 2.30. The normalized spacial score (nSPS) is 26.3. The summed E-state index contributed by atoms with van der Waals surface area (Å²) in [7, 11) is 2.13. The number of hydrogen-bond acceptors (Lipinski definition) is 3. The number of carboxylic acid groups (broad SMARTS) is 1. The third-order valence-corrected chi connectivity index (χ3v) is 4.34. The molecule has 3 rings (SSSR count). The molecule has 1 saturated heterocycles. The molecule has 4 heteroatoms. The van der Waals surface area contributed by atoms with Crippen LogP contribution in [0.3, 0.4) is 0 Å². The summed E-state index contributed by atoms with van der Waals surface area (Å²) in [5.74, 6) is -0.941. The molecule has 0 amide bonds. The average Bonchev–Trinajstić information content (AvgIpc) is 2.89. The molecule has 102 valence electrons. The Morgan fingerprint density at radius 1 is 1.47 bits per heavy atom. The van der Waals surface area contributed by atoms with Gasteiger partial charge in [0.1, 0.15) is 0 Å². The monoisotopic (exact) mass is 260 g/mol. The Labute approximate surface area is 113 Å². The fourth-order valence-corrected chi connectivity index (χ4v) is 3.17. The second-order valence-electron chi connectivity index (χ2n) is 5.64. The first-order chi connectivity index (χ1) is 9.15. The summed E-state index contributed by atoms with van der Waals surface area (Å²) < 4.78 is 0. The van der Waals surface area contributed by atoms with E-state index in [4.69, 9.17) is 5.11 Å². The third-order valence-electron chi connectivity index (χ3n) is 4.34. The summed E-state index contributed by atoms with van der Waals surface area (Å²) in [4.78, 5) is 13.3. The molecule has 2 heterocycles. The van der Waals surface area contributed by atoms with Gasteiger partial charge >= 0.3 is 5.97 Å². The largest absolute Gasteiger partial charge is 0.481 e. The van der Waals surface area contributed by atoms with Crippen molar-refractivity contribution < 1.29 is 9.90 Å². The smallest absolute Gasteiger partial charge is 0.307 e. The second-order valence-corrected chi connectivity index (χ2v) is 5.64. The van der Waals surface area contributed by atoms with Gasteiger partial charge in [0.25, 0.3) is 0 Å². The molecule has 0 spiro atoms. The Morgan fingerprint density at radius 2 is 2.32 bits per heavy atom. The van der Waals surface area contributed by atoms with Crippen molar-refractivity contribution in [2.75, 3.05) is 25.0 Å². The van der Waals surface area contributed by atoms with E-state index in [1.165, 1.54) is 23.2 Å². The van der Waals surface area contributed by atoms with Crippen LogP contribution < -0.4 is 10.2 Å². The van der Waals surface area contributed by atoms with Gasteiger partial charge in [0, 0.05) is 31.9 Å². The van der Waals surface area contributed by atoms with E-state index in [9.17, 15) is 4.79 Å². The lowest BCUT2D eigenvalue weighted by Crippen LogP contribution is -2.25. The van der Waals surface area contributed by atoms with E-state index in [1.807, 2.05) is 0 Å². The van der Waals surface area contributed by atoms with Crippen molar-refractivity contribution in [1.29, 1.82) is 0 Å². The minimum absolute atomic E-state index is 0.182. The Bertz CT molecular complexity index is 501. The number of carbonyl (C=O) groups is 1. The van der Waals surface area contributed by atoms with E-state index in [1.54, 1.807) is 0 Å². The molecule has 1 fully saturated rings. The molecular weight excluding hydrogens is 240 g/mol. The predicted molar refractivity (Wildman–Crippen MR) is 74.5 cm³/mol. The summed E-state index contributed by atoms with van der Waals surface area (Å²) in [6, 6.07) is 6.77. The molecule has 2 unspecified atom stereocenters. The Hall–Kier alpha value is -1.55. The van der Waals surface area contributed by atoms with Crippen LogP contribution in [0.5, 0.6) is 0 Å². The first-order valence-electron chi connectivity index (χ1n) is 6.95. The zero-order valence-corrected chi connectivity index (χ0v) is 11.2. The van der Waals surface area contributed by atoms with Gasteiger partial charge in [-0.15, -0.1) is 0 Å². The van der Waals surface area contributed by atoms with E-state index < -0.39 is 5.97 Å². The topological polar surface area (TPSA) is 52.6 Å². The van der Waals surface area contributed by atoms with Crippen LogP contribution in [0.4, 0.5) is 5.69 Å². The number of carboxylic acids is 1. The maximum atomic E-state index is 11.0. The van der Waals surface area contributed by atoms with Gasteiger partial charge in [0.2, 0.25) is 0 Å². The van der Waals surface area contributed by atoms with Crippen LogP contribution in [0, 0.1) is 5.92 Å². The second kappa shape index (κ2) is 4.85. The van der Waals surface area contributed by atoms with Crippen molar-refractivity contribution in [3.8, 4) is 0 Å². The van der Waals surface area contributed by atoms with Gasteiger partial charge in [-0.05, 0) is 36.5 Å². The average molecular weight is 260 g/mol. The SMILES string of the molecule is CN1CCCc2ccc(C3CC(C(=O)O)CN3)cc21. The first-order valence-corrected chi connectivity index (χ1v) is 6.95. The number of anilines is 1. The summed E-state index contributed by atoms with van der Waals surface area (Å²) in [5.41, 5.74) is 3.94. The molecule has 0 saturated carbocycles. The van der Waals surface area contributed by atoms with Crippen LogP contribution in [0.25, 0.3) is 0 Å². The quantitative estimate of drug-likeness (QED) is 0.851. The van der Waals surface area contributed by atoms with Crippen LogP contribution in [0.1, 0.15) is 30.0 Å². The number of aryl methyl sites for hydroxylation is 1. The fraction of sp³-hybridized carbons (Fsp3) is 0.533. The summed E-state index contributed by atoms with van der Waals surface area (Å²) in [5, 5.41) is 12.4. The van der Waals surface area contributed by atoms with Crippen molar-refractivity contribution in [2.45, 2.75) is 25.3 Å². The molecule has 0 radical (unpaired) electrons. The minimum atomic E-state index is -0.690. The molecule has 4 nitrogen and oxygen atoms in total. The Balaban J connectivity index is 1.83. The van der Waals surface area contributed by atoms with Gasteiger partial charge in [-0.25, -0.2) is 0 Å². The summed E-state index contributed by atoms with van der Waals surface area (Å²) in [6.07, 6.45) is 3.05. The van der Waals surface area contributed by atoms with Crippen molar-refractivity contribution in [3.05, 3.63) is 29.3 Å². The van der Waals surface area contributed by atoms with Crippen LogP contribution >= 0.6 is 0 Å². The molecular formula is C15H20N2O2. The molecule has 2 N–H and O–H groups in total. The zero-order chi connectivity index (χ0) is 13.4. The molecule has 19 heavy (non-hydrogen) atoms. The molecule has 2 atom stereocenters. The highest BCUT2D eigenvalue weighted by molar-refractivity contribution is 5.71. The lowest BCUT2D eigenvalue weighted by atomic mass is 9.95. The molecule has 2 aliphatic heterocycles. The molecule has 0 bridgehead atoms. The fourth-order valence-electron chi connectivity index (χ4n) is 3.17. The van der Waals surface area contributed by atoms with E-state index in [0.717, 1.165) is 13.0 Å². The summed E-state index contributed by atoms with van der Waals surface area (Å²) >= 11 is 0. The van der Waals surface area contributed by atoms with Crippen molar-refractivity contribution in [3.63, 3.8) is 0 Å². The van der Waals surface area contributed by atoms with E-state index in [2.05, 4.69) is 35.5 Å². The number of hydrogen-bond donors (Lipinski definition) is 2. The number of benzene rings is 1. The predicted octanol–water partition coefficient (Wildman–Crippen LogP) is 1.80. The Morgan fingerprint density at radius 3 is 3.05 bits per heavy atom. The number of nitrogens with one attached hydrogen (secondary N) is 1. The zero-order valence-electron chi connectivity index (χ0n) is 11.2. The highest BCUT2D eigenvalue weighted by Crippen LogP contribution is 2.33. The Kier molecular flexibility index (Phi) is 3.19. The first kappa shape index (κ1) is 12.5. The van der Waals surface area contributed by atoms with Crippen LogP contribution in [0.2, 0.25) is 0 Å². The molecule has 0 aromatic heterocycles. The minimum Gasteiger partial charge on any atom is -0.481 e. The number of nitrogens with zero attached hydrogens (tertiary/aromatic N) is 1. The lowest BCUT2D eigenvalue weighted by Gasteiger charge is -2.28. The third kappa shape index (κ3) is 2.32. The van der Waals surface area contributed by atoms with Gasteiger partial charge in [0.15, 0.2) is 0 Å². The van der Waals surface area contributed by atoms with Gasteiger partial charge in [-0.1, -0.05) is 12.1 Å². The van der Waals surface area contributed by atoms with Crippen LogP contribution in [-0.4, -0.2) is 31.2 Å². The molecule has 2 aliphatic rings.